The fraction of sp³-hybridized carbons (Fsp3) is 0. The largest absolute Gasteiger partial charge is 0.505 e. The van der Waals surface area contributed by atoms with Crippen LogP contribution in [0.5, 0.6) is 5.75 Å². The minimum atomic E-state index is -5.10. The van der Waals surface area contributed by atoms with Crippen LogP contribution in [0.3, 0.4) is 0 Å². The summed E-state index contributed by atoms with van der Waals surface area (Å²) in [6, 6.07) is 14.5. The number of benzene rings is 4. The Morgan fingerprint density at radius 1 is 0.769 bits per heavy atom. The molecule has 0 aliphatic heterocycles. The molecule has 15 nitrogen and oxygen atoms in total. The van der Waals surface area contributed by atoms with Gasteiger partial charge in [0.05, 0.1) is 21.7 Å². The highest BCUT2D eigenvalue weighted by Gasteiger charge is 2.28. The predicted octanol–water partition coefficient (Wildman–Crippen LogP) is 5.36. The van der Waals surface area contributed by atoms with Crippen LogP contribution < -0.4 is 5.73 Å². The molecule has 0 aliphatic carbocycles. The highest BCUT2D eigenvalue weighted by Crippen LogP contribution is 2.48. The second-order valence-electron chi connectivity index (χ2n) is 7.74. The van der Waals surface area contributed by atoms with Gasteiger partial charge >= 0.3 is 0 Å². The smallest absolute Gasteiger partial charge is 0.296 e. The Morgan fingerprint density at radius 2 is 1.31 bits per heavy atom. The zero-order valence-corrected chi connectivity index (χ0v) is 20.9. The molecule has 39 heavy (non-hydrogen) atoms. The third kappa shape index (κ3) is 5.55. The second kappa shape index (κ2) is 10.1. The van der Waals surface area contributed by atoms with Crippen molar-refractivity contribution in [3.05, 3.63) is 76.8 Å². The number of aromatic hydroxyl groups is 1. The molecule has 0 saturated heterocycles. The maximum absolute atomic E-state index is 12.2. The molecule has 17 heteroatoms. The normalized spacial score (nSPS) is 12.5. The first-order valence-corrected chi connectivity index (χ1v) is 13.4. The Kier molecular flexibility index (Phi) is 7.07. The van der Waals surface area contributed by atoms with Crippen molar-refractivity contribution in [3.63, 3.8) is 0 Å². The molecule has 0 saturated carbocycles. The van der Waals surface area contributed by atoms with Crippen molar-refractivity contribution in [2.45, 2.75) is 9.79 Å². The number of phenolic OH excluding ortho intramolecular Hbond substituents is 1. The SMILES string of the molecule is Nc1c(N=Nc2ccccc2[N+](=O)[O-])c(S(=O)(=O)O)cc2cc(S(=O)(=O)O)c(N=Nc3ccccc3)c(O)c12. The van der Waals surface area contributed by atoms with Crippen LogP contribution in [0.25, 0.3) is 10.8 Å². The molecule has 0 fully saturated rings. The molecule has 0 amide bonds. The van der Waals surface area contributed by atoms with Crippen LogP contribution in [0.2, 0.25) is 0 Å². The number of nitrogens with two attached hydrogens (primary N) is 1. The molecule has 4 rings (SSSR count). The number of nitro benzene ring substituents is 1. The molecule has 0 bridgehead atoms. The van der Waals surface area contributed by atoms with Gasteiger partial charge in [-0.2, -0.15) is 21.9 Å². The van der Waals surface area contributed by atoms with Crippen molar-refractivity contribution in [2.24, 2.45) is 20.5 Å². The molecule has 0 heterocycles. The van der Waals surface area contributed by atoms with Crippen LogP contribution in [-0.2, 0) is 20.2 Å². The molecule has 4 aromatic rings. The van der Waals surface area contributed by atoms with Gasteiger partial charge in [-0.25, -0.2) is 0 Å². The van der Waals surface area contributed by atoms with Crippen molar-refractivity contribution < 1.29 is 36.0 Å². The van der Waals surface area contributed by atoms with Crippen molar-refractivity contribution in [1.82, 2.24) is 0 Å². The summed E-state index contributed by atoms with van der Waals surface area (Å²) in [4.78, 5) is 8.62. The lowest BCUT2D eigenvalue weighted by atomic mass is 10.1. The van der Waals surface area contributed by atoms with Crippen molar-refractivity contribution in [1.29, 1.82) is 0 Å². The van der Waals surface area contributed by atoms with E-state index in [-0.39, 0.29) is 22.1 Å². The number of anilines is 1. The monoisotopic (exact) mass is 572 g/mol. The van der Waals surface area contributed by atoms with E-state index in [1.165, 1.54) is 30.3 Å². The zero-order valence-electron chi connectivity index (χ0n) is 19.3. The topological polar surface area (TPSA) is 248 Å². The summed E-state index contributed by atoms with van der Waals surface area (Å²) in [7, 11) is -10.2. The maximum Gasteiger partial charge on any atom is 0.296 e. The zero-order chi connectivity index (χ0) is 28.5. The lowest BCUT2D eigenvalue weighted by Crippen LogP contribution is -2.03. The van der Waals surface area contributed by atoms with Gasteiger partial charge in [0.15, 0.2) is 11.4 Å². The molecule has 0 aromatic heterocycles. The number of phenols is 1. The van der Waals surface area contributed by atoms with Gasteiger partial charge in [0.1, 0.15) is 21.2 Å². The Labute approximate surface area is 219 Å². The Morgan fingerprint density at radius 3 is 1.90 bits per heavy atom. The molecule has 0 aliphatic rings. The number of nitrogen functional groups attached to an aromatic ring is 1. The molecule has 0 spiro atoms. The minimum Gasteiger partial charge on any atom is -0.505 e. The summed E-state index contributed by atoms with van der Waals surface area (Å²) < 4.78 is 68.1. The van der Waals surface area contributed by atoms with Gasteiger partial charge in [0, 0.05) is 6.07 Å². The van der Waals surface area contributed by atoms with Gasteiger partial charge in [-0.1, -0.05) is 30.3 Å². The van der Waals surface area contributed by atoms with Gasteiger partial charge in [-0.3, -0.25) is 19.2 Å². The molecule has 5 N–H and O–H groups in total. The van der Waals surface area contributed by atoms with Gasteiger partial charge in [0.2, 0.25) is 0 Å². The van der Waals surface area contributed by atoms with Crippen LogP contribution in [-0.4, -0.2) is 36.0 Å². The number of para-hydroxylation sites is 1. The predicted molar refractivity (Wildman–Crippen MR) is 138 cm³/mol. The van der Waals surface area contributed by atoms with Crippen LogP contribution in [0.15, 0.2) is 97.0 Å². The fourth-order valence-corrected chi connectivity index (χ4v) is 4.84. The van der Waals surface area contributed by atoms with E-state index in [1.807, 2.05) is 0 Å². The summed E-state index contributed by atoms with van der Waals surface area (Å²) in [5.74, 6) is -0.929. The Bertz CT molecular complexity index is 1910. The minimum absolute atomic E-state index is 0.256. The molecule has 0 atom stereocenters. The van der Waals surface area contributed by atoms with E-state index in [0.29, 0.717) is 0 Å². The van der Waals surface area contributed by atoms with Gasteiger partial charge in [-0.05, 0) is 35.7 Å². The van der Waals surface area contributed by atoms with Gasteiger partial charge in [0.25, 0.3) is 25.9 Å². The molecule has 0 unspecified atom stereocenters. The average molecular weight is 573 g/mol. The van der Waals surface area contributed by atoms with Crippen LogP contribution >= 0.6 is 0 Å². The Hall–Kier alpha value is -4.84. The standard InChI is InChI=1S/C22H16N6O9S2/c23-19-18-12(11-17(39(35,36)37)21(22(18)29)27-24-13-6-2-1-3-7-13)10-16(38(32,33)34)20(19)26-25-14-8-4-5-9-15(14)28(30)31/h1-11,29H,23H2,(H,32,33,34)(H,35,36,37). The van der Waals surface area contributed by atoms with Crippen LogP contribution in [0, 0.1) is 10.1 Å². The first-order chi connectivity index (χ1) is 18.3. The molecule has 0 radical (unpaired) electrons. The van der Waals surface area contributed by atoms with E-state index in [2.05, 4.69) is 20.5 Å². The van der Waals surface area contributed by atoms with E-state index in [1.54, 1.807) is 18.2 Å². The second-order valence-corrected chi connectivity index (χ2v) is 10.5. The molecular weight excluding hydrogens is 556 g/mol. The summed E-state index contributed by atoms with van der Waals surface area (Å²) in [6.07, 6.45) is 0. The summed E-state index contributed by atoms with van der Waals surface area (Å²) in [6.45, 7) is 0. The van der Waals surface area contributed by atoms with Crippen LogP contribution in [0.4, 0.5) is 34.1 Å². The summed E-state index contributed by atoms with van der Waals surface area (Å²) in [5.41, 5.74) is 3.54. The van der Waals surface area contributed by atoms with E-state index in [4.69, 9.17) is 5.73 Å². The number of azo groups is 2. The van der Waals surface area contributed by atoms with E-state index in [9.17, 15) is 41.2 Å². The third-order valence-electron chi connectivity index (χ3n) is 5.23. The highest BCUT2D eigenvalue weighted by atomic mass is 32.2. The maximum atomic E-state index is 12.2. The Balaban J connectivity index is 2.04. The lowest BCUT2D eigenvalue weighted by molar-refractivity contribution is -0.384. The number of fused-ring (bicyclic) bond motifs is 1. The number of nitro groups is 1. The van der Waals surface area contributed by atoms with Gasteiger partial charge < -0.3 is 10.8 Å². The van der Waals surface area contributed by atoms with Crippen molar-refractivity contribution in [2.75, 3.05) is 5.73 Å². The third-order valence-corrected chi connectivity index (χ3v) is 6.96. The highest BCUT2D eigenvalue weighted by molar-refractivity contribution is 7.86. The first kappa shape index (κ1) is 27.2. The number of hydrogen-bond donors (Lipinski definition) is 4. The van der Waals surface area contributed by atoms with Crippen molar-refractivity contribution >= 4 is 65.1 Å². The lowest BCUT2D eigenvalue weighted by Gasteiger charge is -2.14. The fourth-order valence-electron chi connectivity index (χ4n) is 3.51. The van der Waals surface area contributed by atoms with E-state index in [0.717, 1.165) is 18.2 Å². The summed E-state index contributed by atoms with van der Waals surface area (Å²) in [5, 5.41) is 36.5. The average Bonchev–Trinajstić information content (AvgIpc) is 2.86. The quantitative estimate of drug-likeness (QED) is 0.0725. The van der Waals surface area contributed by atoms with Crippen molar-refractivity contribution in [3.8, 4) is 5.75 Å². The number of rotatable bonds is 7. The van der Waals surface area contributed by atoms with Gasteiger partial charge in [-0.15, -0.1) is 15.3 Å². The molecule has 4 aromatic carbocycles. The van der Waals surface area contributed by atoms with E-state index < -0.39 is 63.4 Å². The molecule has 200 valence electrons. The molecular formula is C22H16N6O9S2. The summed E-state index contributed by atoms with van der Waals surface area (Å²) >= 11 is 0. The van der Waals surface area contributed by atoms with Crippen LogP contribution in [0.1, 0.15) is 0 Å². The number of nitrogens with zero attached hydrogens (tertiary/aromatic N) is 5. The first-order valence-electron chi connectivity index (χ1n) is 10.5. The number of hydrogen-bond acceptors (Lipinski definition) is 12. The van der Waals surface area contributed by atoms with E-state index >= 15 is 0 Å².